The van der Waals surface area contributed by atoms with Crippen molar-refractivity contribution in [3.05, 3.63) is 47.9 Å². The summed E-state index contributed by atoms with van der Waals surface area (Å²) in [6.45, 7) is 3.78. The lowest BCUT2D eigenvalue weighted by molar-refractivity contribution is 0.0949. The van der Waals surface area contributed by atoms with Gasteiger partial charge in [-0.2, -0.15) is 0 Å². The predicted octanol–water partition coefficient (Wildman–Crippen LogP) is 3.23. The number of carbonyl (C=O) groups is 1. The van der Waals surface area contributed by atoms with E-state index in [0.29, 0.717) is 18.3 Å². The van der Waals surface area contributed by atoms with Gasteiger partial charge in [-0.05, 0) is 49.8 Å². The number of amides is 1. The van der Waals surface area contributed by atoms with E-state index in [2.05, 4.69) is 27.1 Å². The Bertz CT molecular complexity index is 731. The number of nitrogens with zero attached hydrogens (tertiary/aromatic N) is 3. The minimum Gasteiger partial charge on any atom is -0.497 e. The normalized spacial score (nSPS) is 16.8. The highest BCUT2D eigenvalue weighted by Gasteiger charge is 2.22. The molecule has 6 nitrogen and oxygen atoms in total. The smallest absolute Gasteiger partial charge is 0.271 e. The van der Waals surface area contributed by atoms with E-state index in [1.165, 1.54) is 19.3 Å². The number of piperidine rings is 1. The van der Waals surface area contributed by atoms with Gasteiger partial charge in [-0.15, -0.1) is 0 Å². The standard InChI is InChI=1S/C21H28N4O2/c1-3-17-6-4-5-13-25(17)20-15-23-19(14-24-20)21(26)22-12-11-16-7-9-18(27-2)10-8-16/h7-10,14-15,17H,3-6,11-13H2,1-2H3,(H,22,26). The van der Waals surface area contributed by atoms with Gasteiger partial charge in [0.05, 0.1) is 19.5 Å². The van der Waals surface area contributed by atoms with Gasteiger partial charge in [0.2, 0.25) is 0 Å². The second kappa shape index (κ2) is 9.35. The van der Waals surface area contributed by atoms with Crippen LogP contribution in [0.15, 0.2) is 36.7 Å². The van der Waals surface area contributed by atoms with Crippen molar-refractivity contribution in [3.63, 3.8) is 0 Å². The molecule has 1 fully saturated rings. The average Bonchev–Trinajstić information content (AvgIpc) is 2.74. The summed E-state index contributed by atoms with van der Waals surface area (Å²) in [6.07, 6.45) is 8.84. The zero-order chi connectivity index (χ0) is 19.1. The van der Waals surface area contributed by atoms with Crippen molar-refractivity contribution < 1.29 is 9.53 Å². The Kier molecular flexibility index (Phi) is 6.63. The summed E-state index contributed by atoms with van der Waals surface area (Å²) in [7, 11) is 1.65. The molecule has 1 aromatic carbocycles. The molecule has 1 aliphatic rings. The number of hydrogen-bond donors (Lipinski definition) is 1. The molecular formula is C21H28N4O2. The maximum absolute atomic E-state index is 12.3. The van der Waals surface area contributed by atoms with E-state index in [-0.39, 0.29) is 5.91 Å². The lowest BCUT2D eigenvalue weighted by Gasteiger charge is -2.35. The molecule has 1 saturated heterocycles. The Morgan fingerprint density at radius 3 is 2.70 bits per heavy atom. The highest BCUT2D eigenvalue weighted by Crippen LogP contribution is 2.24. The molecule has 0 bridgehead atoms. The van der Waals surface area contributed by atoms with Crippen molar-refractivity contribution >= 4 is 11.7 Å². The highest BCUT2D eigenvalue weighted by molar-refractivity contribution is 5.92. The molecular weight excluding hydrogens is 340 g/mol. The largest absolute Gasteiger partial charge is 0.497 e. The van der Waals surface area contributed by atoms with E-state index < -0.39 is 0 Å². The van der Waals surface area contributed by atoms with E-state index in [1.54, 1.807) is 19.5 Å². The molecule has 1 unspecified atom stereocenters. The molecule has 144 valence electrons. The summed E-state index contributed by atoms with van der Waals surface area (Å²) >= 11 is 0. The summed E-state index contributed by atoms with van der Waals surface area (Å²) in [5, 5.41) is 2.91. The van der Waals surface area contributed by atoms with Crippen LogP contribution in [0.5, 0.6) is 5.75 Å². The van der Waals surface area contributed by atoms with Crippen LogP contribution in [0.1, 0.15) is 48.7 Å². The Morgan fingerprint density at radius 2 is 2.04 bits per heavy atom. The second-order valence-corrected chi connectivity index (χ2v) is 6.87. The number of methoxy groups -OCH3 is 1. The lowest BCUT2D eigenvalue weighted by Crippen LogP contribution is -2.39. The number of ether oxygens (including phenoxy) is 1. The maximum Gasteiger partial charge on any atom is 0.271 e. The number of carbonyl (C=O) groups excluding carboxylic acids is 1. The van der Waals surface area contributed by atoms with Crippen molar-refractivity contribution in [2.24, 2.45) is 0 Å². The number of rotatable bonds is 7. The van der Waals surface area contributed by atoms with Crippen LogP contribution in [0, 0.1) is 0 Å². The van der Waals surface area contributed by atoms with Crippen LogP contribution in [0.2, 0.25) is 0 Å². The molecule has 27 heavy (non-hydrogen) atoms. The third-order valence-electron chi connectivity index (χ3n) is 5.12. The topological polar surface area (TPSA) is 67.4 Å². The fourth-order valence-electron chi connectivity index (χ4n) is 3.52. The SMILES string of the molecule is CCC1CCCCN1c1cnc(C(=O)NCCc2ccc(OC)cc2)cn1. The Morgan fingerprint density at radius 1 is 1.22 bits per heavy atom. The van der Waals surface area contributed by atoms with Gasteiger partial charge < -0.3 is 15.0 Å². The maximum atomic E-state index is 12.3. The minimum absolute atomic E-state index is 0.187. The second-order valence-electron chi connectivity index (χ2n) is 6.87. The van der Waals surface area contributed by atoms with Crippen molar-refractivity contribution in [1.29, 1.82) is 0 Å². The van der Waals surface area contributed by atoms with Gasteiger partial charge in [0.25, 0.3) is 5.91 Å². The first kappa shape index (κ1) is 19.1. The molecule has 1 N–H and O–H groups in total. The van der Waals surface area contributed by atoms with Crippen LogP contribution in [0.3, 0.4) is 0 Å². The molecule has 1 aromatic heterocycles. The monoisotopic (exact) mass is 368 g/mol. The first-order valence-corrected chi connectivity index (χ1v) is 9.71. The van der Waals surface area contributed by atoms with E-state index >= 15 is 0 Å². The van der Waals surface area contributed by atoms with Crippen LogP contribution >= 0.6 is 0 Å². The third-order valence-corrected chi connectivity index (χ3v) is 5.12. The van der Waals surface area contributed by atoms with Crippen LogP contribution in [-0.2, 0) is 6.42 Å². The molecule has 3 rings (SSSR count). The quantitative estimate of drug-likeness (QED) is 0.813. The van der Waals surface area contributed by atoms with Crippen LogP contribution in [0.25, 0.3) is 0 Å². The van der Waals surface area contributed by atoms with Crippen molar-refractivity contribution in [3.8, 4) is 5.75 Å². The van der Waals surface area contributed by atoms with E-state index in [4.69, 9.17) is 4.74 Å². The third kappa shape index (κ3) is 4.96. The van der Waals surface area contributed by atoms with Gasteiger partial charge in [-0.1, -0.05) is 19.1 Å². The van der Waals surface area contributed by atoms with Gasteiger partial charge in [-0.3, -0.25) is 4.79 Å². The molecule has 2 aromatic rings. The number of aromatic nitrogens is 2. The minimum atomic E-state index is -0.187. The van der Waals surface area contributed by atoms with Crippen LogP contribution < -0.4 is 15.0 Å². The lowest BCUT2D eigenvalue weighted by atomic mass is 10.0. The fraction of sp³-hybridized carbons (Fsp3) is 0.476. The molecule has 0 radical (unpaired) electrons. The van der Waals surface area contributed by atoms with Crippen molar-refractivity contribution in [1.82, 2.24) is 15.3 Å². The Labute approximate surface area is 161 Å². The van der Waals surface area contributed by atoms with Gasteiger partial charge in [0, 0.05) is 19.1 Å². The van der Waals surface area contributed by atoms with E-state index in [0.717, 1.165) is 36.5 Å². The molecule has 1 amide bonds. The first-order valence-electron chi connectivity index (χ1n) is 9.71. The summed E-state index contributed by atoms with van der Waals surface area (Å²) in [5.74, 6) is 1.52. The Balaban J connectivity index is 1.52. The van der Waals surface area contributed by atoms with Gasteiger partial charge >= 0.3 is 0 Å². The average molecular weight is 368 g/mol. The number of benzene rings is 1. The molecule has 0 aliphatic carbocycles. The van der Waals surface area contributed by atoms with Crippen LogP contribution in [-0.4, -0.2) is 42.1 Å². The van der Waals surface area contributed by atoms with Crippen molar-refractivity contribution in [2.75, 3.05) is 25.1 Å². The van der Waals surface area contributed by atoms with Gasteiger partial charge in [-0.25, -0.2) is 9.97 Å². The molecule has 2 heterocycles. The molecule has 1 aliphatic heterocycles. The summed E-state index contributed by atoms with van der Waals surface area (Å²) < 4.78 is 5.15. The molecule has 1 atom stereocenters. The van der Waals surface area contributed by atoms with Gasteiger partial charge in [0.15, 0.2) is 0 Å². The number of anilines is 1. The predicted molar refractivity (Wildman–Crippen MR) is 106 cm³/mol. The van der Waals surface area contributed by atoms with E-state index in [1.807, 2.05) is 24.3 Å². The zero-order valence-electron chi connectivity index (χ0n) is 16.1. The molecule has 0 spiro atoms. The van der Waals surface area contributed by atoms with Crippen LogP contribution in [0.4, 0.5) is 5.82 Å². The summed E-state index contributed by atoms with van der Waals surface area (Å²) in [6, 6.07) is 8.37. The fourth-order valence-corrected chi connectivity index (χ4v) is 3.52. The van der Waals surface area contributed by atoms with Crippen molar-refractivity contribution in [2.45, 2.75) is 45.1 Å². The van der Waals surface area contributed by atoms with E-state index in [9.17, 15) is 4.79 Å². The highest BCUT2D eigenvalue weighted by atomic mass is 16.5. The number of hydrogen-bond acceptors (Lipinski definition) is 5. The Hall–Kier alpha value is -2.63. The molecule has 6 heteroatoms. The summed E-state index contributed by atoms with van der Waals surface area (Å²) in [5.41, 5.74) is 1.51. The summed E-state index contributed by atoms with van der Waals surface area (Å²) in [4.78, 5) is 23.5. The molecule has 0 saturated carbocycles. The zero-order valence-corrected chi connectivity index (χ0v) is 16.1. The number of nitrogens with one attached hydrogen (secondary N) is 1. The van der Waals surface area contributed by atoms with Gasteiger partial charge in [0.1, 0.15) is 17.3 Å². The first-order chi connectivity index (χ1) is 13.2.